The second-order valence-electron chi connectivity index (χ2n) is 2.24. The Morgan fingerprint density at radius 3 is 2.17 bits per heavy atom. The van der Waals surface area contributed by atoms with Crippen LogP contribution in [0.2, 0.25) is 0 Å². The van der Waals surface area contributed by atoms with Gasteiger partial charge in [-0.25, -0.2) is 0 Å². The van der Waals surface area contributed by atoms with Crippen molar-refractivity contribution in [2.24, 2.45) is 0 Å². The smallest absolute Gasteiger partial charge is 0.560 e. The van der Waals surface area contributed by atoms with Gasteiger partial charge in [0.25, 0.3) is 0 Å². The maximum Gasteiger partial charge on any atom is 0.619 e. The van der Waals surface area contributed by atoms with Crippen molar-refractivity contribution >= 4 is 0 Å². The van der Waals surface area contributed by atoms with Crippen LogP contribution in [0.3, 0.4) is 0 Å². The lowest BCUT2D eigenvalue weighted by atomic mass is 10.9. The molecule has 1 aliphatic rings. The Hall–Kier alpha value is -0.450. The molecule has 1 aliphatic heterocycles. The molecule has 1 N–H and O–H groups in total. The van der Waals surface area contributed by atoms with Crippen molar-refractivity contribution in [2.45, 2.75) is 6.30 Å². The number of nitrogens with zero attached hydrogens (tertiary/aromatic N) is 2. The Labute approximate surface area is 65.2 Å². The van der Waals surface area contributed by atoms with E-state index in [0.717, 1.165) is 7.05 Å². The summed E-state index contributed by atoms with van der Waals surface area (Å²) in [5.74, 6) is 0. The summed E-state index contributed by atoms with van der Waals surface area (Å²) in [5.41, 5.74) is 0. The summed E-state index contributed by atoms with van der Waals surface area (Å²) < 4.78 is 34.4. The van der Waals surface area contributed by atoms with Crippen molar-refractivity contribution in [1.82, 2.24) is 5.17 Å². The molecule has 0 radical (unpaired) electrons. The SMILES string of the molecule is CN1O[NH+]([O-])O[N+]1(C)C(F)(F)F. The van der Waals surface area contributed by atoms with E-state index in [1.54, 1.807) is 0 Å². The molecule has 1 heterocycles. The number of quaternary nitrogens is 2. The molecule has 0 aliphatic carbocycles. The molecule has 0 aromatic carbocycles. The van der Waals surface area contributed by atoms with E-state index in [-0.39, 0.29) is 5.17 Å². The van der Waals surface area contributed by atoms with Gasteiger partial charge >= 0.3 is 6.30 Å². The molecule has 0 amide bonds. The number of hydrogen-bond donors (Lipinski definition) is 1. The predicted molar refractivity (Wildman–Crippen MR) is 26.5 cm³/mol. The van der Waals surface area contributed by atoms with Crippen LogP contribution in [0.15, 0.2) is 0 Å². The van der Waals surface area contributed by atoms with Crippen molar-refractivity contribution in [3.8, 4) is 0 Å². The van der Waals surface area contributed by atoms with Crippen LogP contribution in [0.25, 0.3) is 0 Å². The Morgan fingerprint density at radius 1 is 1.50 bits per heavy atom. The monoisotopic (exact) mass is 190 g/mol. The van der Waals surface area contributed by atoms with Crippen molar-refractivity contribution in [3.63, 3.8) is 0 Å². The number of nitrogens with one attached hydrogen (secondary N) is 1. The molecular weight excluding hydrogens is 183 g/mol. The summed E-state index contributed by atoms with van der Waals surface area (Å²) >= 11 is 0. The van der Waals surface area contributed by atoms with Gasteiger partial charge in [-0.05, 0) is 4.94 Å². The Morgan fingerprint density at radius 2 is 2.00 bits per heavy atom. The van der Waals surface area contributed by atoms with Gasteiger partial charge in [-0.15, -0.1) is 13.2 Å². The average molecular weight is 190 g/mol. The highest BCUT2D eigenvalue weighted by Gasteiger charge is 2.67. The number of alkyl halides is 3. The minimum atomic E-state index is -4.74. The van der Waals surface area contributed by atoms with Crippen molar-refractivity contribution in [2.75, 3.05) is 14.1 Å². The van der Waals surface area contributed by atoms with Gasteiger partial charge in [-0.3, -0.25) is 0 Å². The lowest BCUT2D eigenvalue weighted by Gasteiger charge is -2.22. The third-order valence-electron chi connectivity index (χ3n) is 1.47. The van der Waals surface area contributed by atoms with Crippen LogP contribution < -0.4 is 5.39 Å². The Bertz CT molecular complexity index is 187. The summed E-state index contributed by atoms with van der Waals surface area (Å²) in [6.07, 6.45) is -4.74. The number of halogens is 3. The van der Waals surface area contributed by atoms with Gasteiger partial charge in [0, 0.05) is 5.39 Å². The molecule has 0 aromatic heterocycles. The highest BCUT2D eigenvalue weighted by atomic mass is 19.4. The molecule has 6 nitrogen and oxygen atoms in total. The van der Waals surface area contributed by atoms with Crippen molar-refractivity contribution in [3.05, 3.63) is 5.21 Å². The molecule has 72 valence electrons. The summed E-state index contributed by atoms with van der Waals surface area (Å²) in [6, 6.07) is 0. The normalized spacial score (nSPS) is 39.0. The maximum atomic E-state index is 12.1. The quantitative estimate of drug-likeness (QED) is 0.299. The third-order valence-corrected chi connectivity index (χ3v) is 1.47. The summed E-state index contributed by atoms with van der Waals surface area (Å²) in [6.45, 7) is 0. The van der Waals surface area contributed by atoms with E-state index >= 15 is 0 Å². The zero-order chi connectivity index (χ0) is 9.57. The van der Waals surface area contributed by atoms with Crippen LogP contribution in [-0.4, -0.2) is 30.3 Å². The highest BCUT2D eigenvalue weighted by Crippen LogP contribution is 2.30. The van der Waals surface area contributed by atoms with E-state index < -0.39 is 16.4 Å². The summed E-state index contributed by atoms with van der Waals surface area (Å²) in [7, 11) is 1.59. The van der Waals surface area contributed by atoms with Gasteiger partial charge < -0.3 is 5.21 Å². The second-order valence-corrected chi connectivity index (χ2v) is 2.24. The van der Waals surface area contributed by atoms with E-state index in [0.29, 0.717) is 7.05 Å². The van der Waals surface area contributed by atoms with E-state index in [4.69, 9.17) is 0 Å². The lowest BCUT2D eigenvalue weighted by molar-refractivity contribution is -1.36. The van der Waals surface area contributed by atoms with E-state index in [1.165, 1.54) is 0 Å². The summed E-state index contributed by atoms with van der Waals surface area (Å²) in [5, 5.41) is 9.20. The average Bonchev–Trinajstić information content (AvgIpc) is 2.06. The van der Waals surface area contributed by atoms with Gasteiger partial charge in [0.1, 0.15) is 7.05 Å². The third kappa shape index (κ3) is 1.26. The molecule has 2 atom stereocenters. The maximum absolute atomic E-state index is 12.1. The molecule has 12 heavy (non-hydrogen) atoms. The van der Waals surface area contributed by atoms with Gasteiger partial charge in [0.2, 0.25) is 0 Å². The largest absolute Gasteiger partial charge is 0.619 e. The van der Waals surface area contributed by atoms with Crippen molar-refractivity contribution < 1.29 is 33.2 Å². The minimum absolute atomic E-state index is 0.266. The number of hydroxylamine groups is 3. The second kappa shape index (κ2) is 2.52. The Kier molecular flexibility index (Phi) is 2.02. The highest BCUT2D eigenvalue weighted by molar-refractivity contribution is 4.20. The fourth-order valence-corrected chi connectivity index (χ4v) is 0.617. The van der Waals surface area contributed by atoms with Crippen molar-refractivity contribution in [1.29, 1.82) is 0 Å². The molecule has 1 fully saturated rings. The lowest BCUT2D eigenvalue weighted by Crippen LogP contribution is -3.03. The van der Waals surface area contributed by atoms with E-state index in [1.807, 2.05) is 0 Å². The van der Waals surface area contributed by atoms with Crippen LogP contribution in [0.4, 0.5) is 13.2 Å². The van der Waals surface area contributed by atoms with Gasteiger partial charge in [-0.1, -0.05) is 0 Å². The zero-order valence-corrected chi connectivity index (χ0v) is 6.25. The van der Waals surface area contributed by atoms with Crippen LogP contribution in [-0.2, 0) is 9.88 Å². The fraction of sp³-hybridized carbons (Fsp3) is 1.00. The molecule has 0 spiro atoms. The summed E-state index contributed by atoms with van der Waals surface area (Å²) in [4.78, 5) is 7.93. The predicted octanol–water partition coefficient (Wildman–Crippen LogP) is -1.11. The topological polar surface area (TPSA) is 49.2 Å². The Balaban J connectivity index is 2.85. The number of hydrogen-bond acceptors (Lipinski definition) is 4. The molecule has 0 saturated carbocycles. The van der Waals surface area contributed by atoms with Gasteiger partial charge in [-0.2, -0.15) is 0 Å². The number of rotatable bonds is 0. The standard InChI is InChI=1S/C3H7F3N3O3/c1-7-9(2,3(4,5)6)12-8(10)11-7/h8H,1-2H3/q+1. The molecular formula is C3H7F3N3O3+. The molecule has 1 saturated heterocycles. The molecule has 1 rings (SSSR count). The first-order valence-corrected chi connectivity index (χ1v) is 2.86. The van der Waals surface area contributed by atoms with Gasteiger partial charge in [0.15, 0.2) is 0 Å². The van der Waals surface area contributed by atoms with E-state index in [2.05, 4.69) is 9.88 Å². The van der Waals surface area contributed by atoms with Crippen LogP contribution in [0.5, 0.6) is 0 Å². The molecule has 9 heteroatoms. The van der Waals surface area contributed by atoms with Crippen LogP contribution >= 0.6 is 0 Å². The molecule has 2 unspecified atom stereocenters. The van der Waals surface area contributed by atoms with Crippen LogP contribution in [0.1, 0.15) is 0 Å². The van der Waals surface area contributed by atoms with E-state index in [9.17, 15) is 18.4 Å². The molecule has 0 bridgehead atoms. The first kappa shape index (κ1) is 9.64. The molecule has 0 aromatic rings. The first-order valence-electron chi connectivity index (χ1n) is 2.86. The first-order chi connectivity index (χ1) is 5.27. The fourth-order valence-electron chi connectivity index (χ4n) is 0.617. The zero-order valence-electron chi connectivity index (χ0n) is 6.25. The van der Waals surface area contributed by atoms with Gasteiger partial charge in [0.05, 0.1) is 21.9 Å². The van der Waals surface area contributed by atoms with Crippen LogP contribution in [0, 0.1) is 5.21 Å². The minimum Gasteiger partial charge on any atom is -0.560 e.